The summed E-state index contributed by atoms with van der Waals surface area (Å²) in [6, 6.07) is 21.7. The first-order chi connectivity index (χ1) is 45.7. The van der Waals surface area contributed by atoms with Gasteiger partial charge in [0.05, 0.1) is 47.2 Å². The van der Waals surface area contributed by atoms with E-state index in [9.17, 15) is 66.5 Å². The number of rotatable bonds is 22. The number of piperidine rings is 3. The van der Waals surface area contributed by atoms with Gasteiger partial charge in [-0.3, -0.25) is 4.79 Å². The molecule has 0 aromatic heterocycles. The smallest absolute Gasteiger partial charge is 0.410 e. The zero-order valence-corrected chi connectivity index (χ0v) is 58.9. The maximum absolute atomic E-state index is 14.4. The monoisotopic (exact) mass is 1430 g/mol. The number of likely N-dealkylation sites (tertiary alicyclic amines) is 2. The number of benzene rings is 5. The molecule has 27 heteroatoms. The molecule has 5 aromatic rings. The van der Waals surface area contributed by atoms with Crippen molar-refractivity contribution in [2.24, 2.45) is 17.8 Å². The number of amides is 3. The topological polar surface area (TPSA) is 188 Å². The summed E-state index contributed by atoms with van der Waals surface area (Å²) in [6.07, 6.45) is 3.35. The van der Waals surface area contributed by atoms with E-state index in [4.69, 9.17) is 9.47 Å². The van der Waals surface area contributed by atoms with Crippen molar-refractivity contribution in [3.05, 3.63) is 177 Å². The first-order valence-electron chi connectivity index (χ1n) is 32.5. The second-order valence-electron chi connectivity index (χ2n) is 27.4. The van der Waals surface area contributed by atoms with E-state index < -0.39 is 124 Å². The standard InChI is InChI=1S/C28H36F3N3O4S.C25H31F3N2O3S.C17H25F3N2OS/c1-28(2,3)39(37)33-25(16-21-15-23(30)24(31)17-22(21)29)20-10-13-34(14-11-20)26(35)9-12-32-27(36)38-18-19-7-5-4-6-8-19;1-25(2,3)34(32)29-23(14-19-13-21(27)22(28)15-20(19)26)18-9-11-30(12-10-18)24(31)33-16-17-7-5-4-6-8-17;1-17(2,3)24(23)22-16(11-4-6-21-7-5-11)9-12-8-14(19)15(20)10-13(12)18/h4-8,15,17,20,25,33H,9-14,16,18H2,1-3H3,(H,32,36);4-8,13,15,18,23,29H,9-12,14,16H2,1-3H3;8,10-11,16,21-22H,4-7,9H2,1-3H3/t25-,39+;23-,34+;16-,24+/m111/s1. The van der Waals surface area contributed by atoms with Crippen molar-refractivity contribution in [2.45, 2.75) is 172 Å². The van der Waals surface area contributed by atoms with Gasteiger partial charge in [-0.25, -0.2) is 75.9 Å². The number of nitrogens with zero attached hydrogens (tertiary/aromatic N) is 2. The summed E-state index contributed by atoms with van der Waals surface area (Å²) in [4.78, 5) is 40.4. The summed E-state index contributed by atoms with van der Waals surface area (Å²) in [5.41, 5.74) is 1.88. The molecule has 536 valence electrons. The van der Waals surface area contributed by atoms with Crippen LogP contribution in [-0.2, 0) is 79.7 Å². The molecule has 15 nitrogen and oxygen atoms in total. The minimum atomic E-state index is -1.47. The molecule has 0 spiro atoms. The van der Waals surface area contributed by atoms with Crippen molar-refractivity contribution in [2.75, 3.05) is 45.8 Å². The molecular formula is C70H92F9N7O8S3. The molecule has 3 heterocycles. The van der Waals surface area contributed by atoms with Crippen LogP contribution in [0, 0.1) is 70.1 Å². The Balaban J connectivity index is 0.000000236. The molecule has 5 aromatic carbocycles. The van der Waals surface area contributed by atoms with Crippen molar-refractivity contribution >= 4 is 51.1 Å². The zero-order valence-electron chi connectivity index (χ0n) is 56.4. The largest absolute Gasteiger partial charge is 0.445 e. The van der Waals surface area contributed by atoms with Crippen LogP contribution in [-0.4, -0.2) is 119 Å². The van der Waals surface area contributed by atoms with E-state index in [-0.39, 0.29) is 91.8 Å². The van der Waals surface area contributed by atoms with E-state index in [0.29, 0.717) is 70.1 Å². The van der Waals surface area contributed by atoms with E-state index in [0.717, 1.165) is 55.3 Å². The Kier molecular flexibility index (Phi) is 30.6. The number of hydrogen-bond donors (Lipinski definition) is 5. The molecule has 8 rings (SSSR count). The van der Waals surface area contributed by atoms with Gasteiger partial charge >= 0.3 is 12.2 Å². The average Bonchev–Trinajstić information content (AvgIpc) is 0.838. The van der Waals surface area contributed by atoms with Crippen LogP contribution in [0.1, 0.15) is 135 Å². The van der Waals surface area contributed by atoms with Crippen molar-refractivity contribution < 1.29 is 76.0 Å². The third kappa shape index (κ3) is 25.8. The Morgan fingerprint density at radius 1 is 0.464 bits per heavy atom. The van der Waals surface area contributed by atoms with Gasteiger partial charge in [-0.1, -0.05) is 60.7 Å². The van der Waals surface area contributed by atoms with Crippen LogP contribution in [0.15, 0.2) is 97.1 Å². The first kappa shape index (κ1) is 79.8. The van der Waals surface area contributed by atoms with Gasteiger partial charge in [0.15, 0.2) is 34.9 Å². The summed E-state index contributed by atoms with van der Waals surface area (Å²) in [6.45, 7) is 20.3. The Hall–Kier alpha value is -6.23. The lowest BCUT2D eigenvalue weighted by molar-refractivity contribution is -0.132. The van der Waals surface area contributed by atoms with Crippen molar-refractivity contribution in [3.8, 4) is 0 Å². The summed E-state index contributed by atoms with van der Waals surface area (Å²) < 4.78 is 180. The fraction of sp³-hybridized carbons (Fsp3) is 0.529. The second kappa shape index (κ2) is 37.3. The predicted molar refractivity (Wildman–Crippen MR) is 360 cm³/mol. The quantitative estimate of drug-likeness (QED) is 0.0332. The van der Waals surface area contributed by atoms with E-state index in [2.05, 4.69) is 24.8 Å². The van der Waals surface area contributed by atoms with Crippen LogP contribution in [0.2, 0.25) is 0 Å². The van der Waals surface area contributed by atoms with Crippen LogP contribution in [0.4, 0.5) is 49.1 Å². The number of alkyl carbamates (subject to hydrolysis) is 1. The zero-order chi connectivity index (χ0) is 71.4. The molecule has 0 aliphatic carbocycles. The number of carbonyl (C=O) groups is 3. The highest BCUT2D eigenvalue weighted by Gasteiger charge is 2.36. The van der Waals surface area contributed by atoms with Gasteiger partial charge in [-0.05, 0) is 197 Å². The Bertz CT molecular complexity index is 3460. The summed E-state index contributed by atoms with van der Waals surface area (Å²) >= 11 is 0. The normalized spacial score (nSPS) is 17.1. The number of halogens is 9. The van der Waals surface area contributed by atoms with Gasteiger partial charge in [0.2, 0.25) is 5.91 Å². The Labute approximate surface area is 571 Å². The molecule has 5 N–H and O–H groups in total. The fourth-order valence-electron chi connectivity index (χ4n) is 11.0. The van der Waals surface area contributed by atoms with Crippen LogP contribution in [0.5, 0.6) is 0 Å². The van der Waals surface area contributed by atoms with E-state index >= 15 is 0 Å². The lowest BCUT2D eigenvalue weighted by Gasteiger charge is -2.37. The highest BCUT2D eigenvalue weighted by Crippen LogP contribution is 2.30. The molecule has 3 saturated heterocycles. The molecule has 3 aliphatic rings. The predicted octanol–water partition coefficient (Wildman–Crippen LogP) is 12.8. The van der Waals surface area contributed by atoms with E-state index in [1.54, 1.807) is 30.6 Å². The molecule has 3 fully saturated rings. The fourth-order valence-corrected chi connectivity index (χ4v) is 13.7. The van der Waals surface area contributed by atoms with Crippen LogP contribution in [0.3, 0.4) is 0 Å². The molecule has 6 atom stereocenters. The minimum absolute atomic E-state index is 0.000963. The maximum atomic E-state index is 14.4. The third-order valence-electron chi connectivity index (χ3n) is 16.8. The average molecular weight is 1430 g/mol. The van der Waals surface area contributed by atoms with Crippen LogP contribution < -0.4 is 24.8 Å². The van der Waals surface area contributed by atoms with Gasteiger partial charge in [-0.15, -0.1) is 0 Å². The highest BCUT2D eigenvalue weighted by atomic mass is 32.2. The highest BCUT2D eigenvalue weighted by molar-refractivity contribution is 7.85. The molecule has 97 heavy (non-hydrogen) atoms. The van der Waals surface area contributed by atoms with Gasteiger partial charge in [0.1, 0.15) is 30.7 Å². The molecule has 0 radical (unpaired) electrons. The molecule has 0 bridgehead atoms. The molecular weight excluding hydrogens is 1330 g/mol. The number of ether oxygens (including phenoxy) is 2. The number of hydrogen-bond acceptors (Lipinski definition) is 9. The summed E-state index contributed by atoms with van der Waals surface area (Å²) in [5.74, 6) is -9.52. The molecule has 3 aliphatic heterocycles. The van der Waals surface area contributed by atoms with Crippen molar-refractivity contribution in [1.29, 1.82) is 0 Å². The van der Waals surface area contributed by atoms with Crippen LogP contribution >= 0.6 is 0 Å². The number of nitrogens with one attached hydrogen (secondary N) is 5. The number of carbonyl (C=O) groups excluding carboxylic acids is 3. The van der Waals surface area contributed by atoms with Gasteiger partial charge in [0, 0.05) is 75.5 Å². The molecule has 3 amide bonds. The summed E-state index contributed by atoms with van der Waals surface area (Å²) in [7, 11) is -4.24. The lowest BCUT2D eigenvalue weighted by atomic mass is 9.86. The molecule has 0 unspecified atom stereocenters. The van der Waals surface area contributed by atoms with Gasteiger partial charge in [0.25, 0.3) is 0 Å². The first-order valence-corrected chi connectivity index (χ1v) is 35.9. The van der Waals surface area contributed by atoms with Crippen molar-refractivity contribution in [3.63, 3.8) is 0 Å². The SMILES string of the molecule is CC(C)(C)[S@](=O)N[C@H](Cc1cc(F)c(F)cc1F)C1CCN(C(=O)CCNC(=O)OCc2ccccc2)CC1.CC(C)(C)[S@](=O)N[C@H](Cc1cc(F)c(F)cc1F)C1CCN(C(=O)OCc2ccccc2)CC1.CC(C)(C)[S@](=O)N[C@H](Cc1cc(F)c(F)cc1F)C1CCNCC1. The van der Waals surface area contributed by atoms with Gasteiger partial charge < -0.3 is 29.9 Å². The Morgan fingerprint density at radius 3 is 1.13 bits per heavy atom. The summed E-state index contributed by atoms with van der Waals surface area (Å²) in [5, 5.41) is 5.84. The third-order valence-corrected chi connectivity index (χ3v) is 21.7. The van der Waals surface area contributed by atoms with E-state index in [1.165, 1.54) is 0 Å². The maximum Gasteiger partial charge on any atom is 0.410 e. The lowest BCUT2D eigenvalue weighted by Crippen LogP contribution is -2.49. The van der Waals surface area contributed by atoms with Crippen LogP contribution in [0.25, 0.3) is 0 Å². The van der Waals surface area contributed by atoms with Crippen molar-refractivity contribution in [1.82, 2.24) is 34.6 Å². The second-order valence-corrected chi connectivity index (χ2v) is 33.4. The van der Waals surface area contributed by atoms with E-state index in [1.807, 2.05) is 102 Å². The minimum Gasteiger partial charge on any atom is -0.445 e. The molecule has 0 saturated carbocycles. The van der Waals surface area contributed by atoms with Gasteiger partial charge in [-0.2, -0.15) is 0 Å². The Morgan fingerprint density at radius 2 is 0.784 bits per heavy atom.